The molecule has 2 aromatic rings. The van der Waals surface area contributed by atoms with Crippen molar-refractivity contribution in [2.45, 2.75) is 19.4 Å². The van der Waals surface area contributed by atoms with Gasteiger partial charge in [0.15, 0.2) is 0 Å². The topological polar surface area (TPSA) is 26.8 Å². The molecule has 1 amide bonds. The van der Waals surface area contributed by atoms with E-state index in [9.17, 15) is 4.79 Å². The van der Waals surface area contributed by atoms with Crippen LogP contribution >= 0.6 is 0 Å². The van der Waals surface area contributed by atoms with Gasteiger partial charge < -0.3 is 9.80 Å². The van der Waals surface area contributed by atoms with Gasteiger partial charge in [-0.15, -0.1) is 0 Å². The Bertz CT molecular complexity index is 696. The summed E-state index contributed by atoms with van der Waals surface area (Å²) in [7, 11) is 4.07. The summed E-state index contributed by atoms with van der Waals surface area (Å²) in [5, 5.41) is 0. The van der Waals surface area contributed by atoms with Crippen LogP contribution in [0.25, 0.3) is 0 Å². The van der Waals surface area contributed by atoms with Gasteiger partial charge in [0.25, 0.3) is 0 Å². The largest absolute Gasteiger partial charge is 0.314 e. The number of hydrogen-bond acceptors (Lipinski definition) is 3. The predicted molar refractivity (Wildman–Crippen MR) is 112 cm³/mol. The standard InChI is InChI=1S/C23H31N3O/c1-24(17-20-9-5-3-6-10-20)18-21-13-15-26(16-14-21)19-23(27)25(2)22-11-7-4-8-12-22/h3-12,21H,13-19H2,1-2H3. The van der Waals surface area contributed by atoms with E-state index in [1.54, 1.807) is 4.90 Å². The van der Waals surface area contributed by atoms with Crippen molar-refractivity contribution in [2.75, 3.05) is 45.2 Å². The Labute approximate surface area is 163 Å². The van der Waals surface area contributed by atoms with Crippen LogP contribution in [0, 0.1) is 5.92 Å². The minimum absolute atomic E-state index is 0.167. The average Bonchev–Trinajstić information content (AvgIpc) is 2.70. The summed E-state index contributed by atoms with van der Waals surface area (Å²) in [5.41, 5.74) is 2.33. The van der Waals surface area contributed by atoms with Crippen LogP contribution in [0.1, 0.15) is 18.4 Å². The predicted octanol–water partition coefficient (Wildman–Crippen LogP) is 3.49. The molecule has 0 atom stereocenters. The Morgan fingerprint density at radius 1 is 0.963 bits per heavy atom. The lowest BCUT2D eigenvalue weighted by atomic mass is 9.96. The molecule has 4 heteroatoms. The lowest BCUT2D eigenvalue weighted by Crippen LogP contribution is -2.43. The zero-order valence-electron chi connectivity index (χ0n) is 16.6. The third-order valence-corrected chi connectivity index (χ3v) is 5.45. The fourth-order valence-electron chi connectivity index (χ4n) is 3.82. The smallest absolute Gasteiger partial charge is 0.240 e. The molecule has 3 rings (SSSR count). The van der Waals surface area contributed by atoms with E-state index >= 15 is 0 Å². The molecule has 1 heterocycles. The summed E-state index contributed by atoms with van der Waals surface area (Å²) in [6.07, 6.45) is 2.34. The highest BCUT2D eigenvalue weighted by Crippen LogP contribution is 2.19. The van der Waals surface area contributed by atoms with Crippen LogP contribution in [0.5, 0.6) is 0 Å². The fourth-order valence-corrected chi connectivity index (χ4v) is 3.82. The van der Waals surface area contributed by atoms with Gasteiger partial charge in [-0.2, -0.15) is 0 Å². The molecule has 0 radical (unpaired) electrons. The van der Waals surface area contributed by atoms with Crippen molar-refractivity contribution in [2.24, 2.45) is 5.92 Å². The maximum atomic E-state index is 12.6. The third-order valence-electron chi connectivity index (χ3n) is 5.45. The van der Waals surface area contributed by atoms with Crippen LogP contribution in [0.2, 0.25) is 0 Å². The van der Waals surface area contributed by atoms with Gasteiger partial charge in [0.1, 0.15) is 0 Å². The number of likely N-dealkylation sites (tertiary alicyclic amines) is 1. The van der Waals surface area contributed by atoms with Gasteiger partial charge in [-0.1, -0.05) is 48.5 Å². The van der Waals surface area contributed by atoms with Gasteiger partial charge in [-0.25, -0.2) is 0 Å². The molecule has 0 aliphatic carbocycles. The van der Waals surface area contributed by atoms with Crippen LogP contribution in [0.3, 0.4) is 0 Å². The molecule has 27 heavy (non-hydrogen) atoms. The number of amides is 1. The van der Waals surface area contributed by atoms with Crippen molar-refractivity contribution >= 4 is 11.6 Å². The number of hydrogen-bond donors (Lipinski definition) is 0. The molecule has 2 aromatic carbocycles. The van der Waals surface area contributed by atoms with Crippen LogP contribution in [0.15, 0.2) is 60.7 Å². The first-order chi connectivity index (χ1) is 13.1. The number of para-hydroxylation sites is 1. The molecule has 0 saturated carbocycles. The Balaban J connectivity index is 1.40. The normalized spacial score (nSPS) is 15.8. The fraction of sp³-hybridized carbons (Fsp3) is 0.435. The number of carbonyl (C=O) groups is 1. The van der Waals surface area contributed by atoms with Gasteiger partial charge in [-0.05, 0) is 56.6 Å². The number of carbonyl (C=O) groups excluding carboxylic acids is 1. The van der Waals surface area contributed by atoms with E-state index in [1.165, 1.54) is 18.4 Å². The molecule has 0 N–H and O–H groups in total. The van der Waals surface area contributed by atoms with Crippen LogP contribution in [0.4, 0.5) is 5.69 Å². The molecule has 1 saturated heterocycles. The molecule has 0 spiro atoms. The van der Waals surface area contributed by atoms with E-state index in [1.807, 2.05) is 37.4 Å². The van der Waals surface area contributed by atoms with E-state index in [-0.39, 0.29) is 5.91 Å². The highest BCUT2D eigenvalue weighted by Gasteiger charge is 2.23. The van der Waals surface area contributed by atoms with E-state index in [0.29, 0.717) is 6.54 Å². The summed E-state index contributed by atoms with van der Waals surface area (Å²) in [6, 6.07) is 20.5. The van der Waals surface area contributed by atoms with E-state index < -0.39 is 0 Å². The van der Waals surface area contributed by atoms with Gasteiger partial charge >= 0.3 is 0 Å². The van der Waals surface area contributed by atoms with Crippen molar-refractivity contribution in [3.8, 4) is 0 Å². The Kier molecular flexibility index (Phi) is 7.02. The first-order valence-electron chi connectivity index (χ1n) is 9.88. The maximum Gasteiger partial charge on any atom is 0.240 e. The second kappa shape index (κ2) is 9.67. The minimum Gasteiger partial charge on any atom is -0.314 e. The summed E-state index contributed by atoms with van der Waals surface area (Å²) in [6.45, 7) is 4.66. The third kappa shape index (κ3) is 5.91. The van der Waals surface area contributed by atoms with Crippen LogP contribution < -0.4 is 4.90 Å². The molecule has 1 aliphatic heterocycles. The van der Waals surface area contributed by atoms with Crippen molar-refractivity contribution < 1.29 is 4.79 Å². The van der Waals surface area contributed by atoms with E-state index in [2.05, 4.69) is 47.2 Å². The number of benzene rings is 2. The van der Waals surface area contributed by atoms with Gasteiger partial charge in [0, 0.05) is 25.8 Å². The Morgan fingerprint density at radius 2 is 1.56 bits per heavy atom. The molecule has 0 aromatic heterocycles. The minimum atomic E-state index is 0.167. The number of piperidine rings is 1. The molecule has 1 aliphatic rings. The highest BCUT2D eigenvalue weighted by molar-refractivity contribution is 5.94. The van der Waals surface area contributed by atoms with Crippen molar-refractivity contribution in [3.63, 3.8) is 0 Å². The quantitative estimate of drug-likeness (QED) is 0.751. The SMILES string of the molecule is CN(Cc1ccccc1)CC1CCN(CC(=O)N(C)c2ccccc2)CC1. The molecule has 0 bridgehead atoms. The van der Waals surface area contributed by atoms with Crippen LogP contribution in [-0.2, 0) is 11.3 Å². The first-order valence-corrected chi connectivity index (χ1v) is 9.88. The average molecular weight is 366 g/mol. The molecular weight excluding hydrogens is 334 g/mol. The number of rotatable bonds is 7. The van der Waals surface area contributed by atoms with Crippen molar-refractivity contribution in [1.29, 1.82) is 0 Å². The monoisotopic (exact) mass is 365 g/mol. The first kappa shape index (κ1) is 19.6. The number of anilines is 1. The Hall–Kier alpha value is -2.17. The zero-order chi connectivity index (χ0) is 19.1. The van der Waals surface area contributed by atoms with Gasteiger partial charge in [0.2, 0.25) is 5.91 Å². The molecule has 144 valence electrons. The Morgan fingerprint density at radius 3 is 2.19 bits per heavy atom. The molecule has 0 unspecified atom stereocenters. The molecule has 1 fully saturated rings. The van der Waals surface area contributed by atoms with Crippen molar-refractivity contribution in [1.82, 2.24) is 9.80 Å². The zero-order valence-corrected chi connectivity index (χ0v) is 16.6. The summed E-state index contributed by atoms with van der Waals surface area (Å²) >= 11 is 0. The summed E-state index contributed by atoms with van der Waals surface area (Å²) < 4.78 is 0. The second-order valence-corrected chi connectivity index (χ2v) is 7.69. The number of likely N-dealkylation sites (N-methyl/N-ethyl adjacent to an activating group) is 1. The van der Waals surface area contributed by atoms with E-state index in [4.69, 9.17) is 0 Å². The lowest BCUT2D eigenvalue weighted by Gasteiger charge is -2.34. The van der Waals surface area contributed by atoms with Crippen molar-refractivity contribution in [3.05, 3.63) is 66.2 Å². The lowest BCUT2D eigenvalue weighted by molar-refractivity contribution is -0.119. The summed E-state index contributed by atoms with van der Waals surface area (Å²) in [4.78, 5) is 19.0. The summed E-state index contributed by atoms with van der Waals surface area (Å²) in [5.74, 6) is 0.887. The van der Waals surface area contributed by atoms with Gasteiger partial charge in [-0.3, -0.25) is 9.69 Å². The number of nitrogens with zero attached hydrogens (tertiary/aromatic N) is 3. The maximum absolute atomic E-state index is 12.6. The van der Waals surface area contributed by atoms with Gasteiger partial charge in [0.05, 0.1) is 6.54 Å². The molecular formula is C23H31N3O. The van der Waals surface area contributed by atoms with Crippen LogP contribution in [-0.4, -0.2) is 56.0 Å². The van der Waals surface area contributed by atoms with E-state index in [0.717, 1.165) is 37.8 Å². The second-order valence-electron chi connectivity index (χ2n) is 7.69. The highest BCUT2D eigenvalue weighted by atomic mass is 16.2. The molecule has 4 nitrogen and oxygen atoms in total.